The fraction of sp³-hybridized carbons (Fsp3) is 0.302. The van der Waals surface area contributed by atoms with Crippen molar-refractivity contribution in [1.82, 2.24) is 4.90 Å². The third-order valence-electron chi connectivity index (χ3n) is 9.43. The Morgan fingerprint density at radius 1 is 0.906 bits per heavy atom. The Kier molecular flexibility index (Phi) is 19.6. The number of hydrogen-bond donors (Lipinski definition) is 2. The van der Waals surface area contributed by atoms with E-state index in [4.69, 9.17) is 10.5 Å². The minimum atomic E-state index is -2.28. The molecule has 3 N–H and O–H groups in total. The van der Waals surface area contributed by atoms with E-state index in [1.807, 2.05) is 68.4 Å². The number of hydrogen-bond acceptors (Lipinski definition) is 8. The summed E-state index contributed by atoms with van der Waals surface area (Å²) < 4.78 is 5.46. The summed E-state index contributed by atoms with van der Waals surface area (Å²) in [5.41, 5.74) is 5.77. The second-order valence-electron chi connectivity index (χ2n) is 12.5. The number of carboxylic acids is 1. The first-order valence-corrected chi connectivity index (χ1v) is 19.5. The molecule has 4 aromatic carbocycles. The molecule has 1 fully saturated rings. The Hall–Kier alpha value is -2.95. The Bertz CT molecular complexity index is 1700. The van der Waals surface area contributed by atoms with Crippen LogP contribution in [-0.4, -0.2) is 58.9 Å². The molecule has 10 heteroatoms. The zero-order valence-corrected chi connectivity index (χ0v) is 35.9. The van der Waals surface area contributed by atoms with Gasteiger partial charge in [-0.25, -0.2) is 4.79 Å². The van der Waals surface area contributed by atoms with Crippen molar-refractivity contribution in [1.29, 1.82) is 0 Å². The first kappa shape index (κ1) is 46.2. The number of ether oxygens (including phenoxy) is 1. The van der Waals surface area contributed by atoms with E-state index in [1.54, 1.807) is 55.0 Å². The second kappa shape index (κ2) is 22.4. The quantitative estimate of drug-likeness (QED) is 0.0526. The predicted octanol–water partition coefficient (Wildman–Crippen LogP) is 1.68. The number of nitrogens with two attached hydrogens (primary N) is 1. The number of carbonyl (C=O) groups excluding carboxylic acids is 3. The van der Waals surface area contributed by atoms with Crippen molar-refractivity contribution in [2.24, 2.45) is 17.6 Å². The SMILES string of the molecule is C=CCCOC(=O)C=P(c1ccccc1)(c1ccccc1)c1ccccc1.CC.CC(C(=O)[O-])C1C(CC(=O)c2ccc(CN)cc2)N(C)C1(C)O.[K+]. The Morgan fingerprint density at radius 3 is 1.75 bits per heavy atom. The van der Waals surface area contributed by atoms with Crippen LogP contribution in [0.1, 0.15) is 56.5 Å². The minimum absolute atomic E-state index is 0. The number of carboxylic acid groups (broad SMARTS) is 1. The molecular weight excluding hydrogens is 711 g/mol. The number of likely N-dealkylation sites (tertiary alicyclic amines) is 1. The van der Waals surface area contributed by atoms with Crippen LogP contribution in [0.2, 0.25) is 0 Å². The van der Waals surface area contributed by atoms with Gasteiger partial charge in [0.2, 0.25) is 0 Å². The van der Waals surface area contributed by atoms with Gasteiger partial charge in [-0.1, -0.05) is 142 Å². The maximum Gasteiger partial charge on any atom is 1.00 e. The summed E-state index contributed by atoms with van der Waals surface area (Å²) in [5, 5.41) is 24.9. The van der Waals surface area contributed by atoms with Crippen LogP contribution in [0.15, 0.2) is 128 Å². The molecule has 1 aliphatic rings. The van der Waals surface area contributed by atoms with Gasteiger partial charge in [0, 0.05) is 48.2 Å². The van der Waals surface area contributed by atoms with Crippen LogP contribution in [0, 0.1) is 11.8 Å². The normalized spacial score (nSPS) is 18.2. The summed E-state index contributed by atoms with van der Waals surface area (Å²) in [6, 6.07) is 37.4. The standard InChI is InChI=1S/C24H23O2P.C17H24N2O4.C2H6.K/c1-2-3-19-26-24(25)20-27(21-13-7-4-8-14-21,22-15-9-5-10-16-22)23-17-11-6-12-18-23;1-10(16(21)22)15-13(19(3)17(15,2)23)8-14(20)12-6-4-11(9-18)5-7-12;1-2;/h2,4-18,20H,1,3,19H2;4-7,10,13,15,23H,8-9,18H2,1-3H3,(H,21,22);1-2H3;/q;;;+1/p-1. The fourth-order valence-electron chi connectivity index (χ4n) is 6.54. The van der Waals surface area contributed by atoms with E-state index in [0.717, 1.165) is 21.5 Å². The molecule has 53 heavy (non-hydrogen) atoms. The zero-order valence-electron chi connectivity index (χ0n) is 31.9. The van der Waals surface area contributed by atoms with Crippen LogP contribution in [0.5, 0.6) is 0 Å². The molecule has 276 valence electrons. The third-order valence-corrected chi connectivity index (χ3v) is 13.4. The van der Waals surface area contributed by atoms with Crippen molar-refractivity contribution >= 4 is 46.3 Å². The predicted molar refractivity (Wildman–Crippen MR) is 211 cm³/mol. The number of esters is 1. The largest absolute Gasteiger partial charge is 1.00 e. The van der Waals surface area contributed by atoms with E-state index in [9.17, 15) is 24.6 Å². The number of carbonyl (C=O) groups is 3. The molecule has 0 aliphatic carbocycles. The molecule has 0 spiro atoms. The van der Waals surface area contributed by atoms with Gasteiger partial charge in [0.1, 0.15) is 5.72 Å². The van der Waals surface area contributed by atoms with Crippen LogP contribution >= 0.6 is 6.89 Å². The maximum atomic E-state index is 12.8. The van der Waals surface area contributed by atoms with Gasteiger partial charge in [-0.2, -0.15) is 0 Å². The summed E-state index contributed by atoms with van der Waals surface area (Å²) in [7, 11) is 1.69. The molecule has 0 aromatic heterocycles. The maximum absolute atomic E-state index is 12.8. The Balaban J connectivity index is 0.000000348. The first-order valence-electron chi connectivity index (χ1n) is 17.6. The average molecular weight is 763 g/mol. The van der Waals surface area contributed by atoms with E-state index in [2.05, 4.69) is 43.0 Å². The average Bonchev–Trinajstić information content (AvgIpc) is 3.18. The van der Waals surface area contributed by atoms with Crippen molar-refractivity contribution in [2.45, 2.75) is 58.8 Å². The number of aliphatic carboxylic acids is 1. The van der Waals surface area contributed by atoms with Crippen molar-refractivity contribution in [3.8, 4) is 0 Å². The van der Waals surface area contributed by atoms with Crippen LogP contribution in [0.25, 0.3) is 0 Å². The van der Waals surface area contributed by atoms with E-state index >= 15 is 0 Å². The number of Topliss-reactive ketones (excluding diaryl/α,β-unsaturated/α-hetero) is 1. The topological polar surface area (TPSA) is 133 Å². The van der Waals surface area contributed by atoms with Gasteiger partial charge in [-0.15, -0.1) is 6.58 Å². The molecule has 1 saturated heterocycles. The van der Waals surface area contributed by atoms with Crippen LogP contribution in [0.4, 0.5) is 0 Å². The molecule has 4 aromatic rings. The van der Waals surface area contributed by atoms with Gasteiger partial charge in [-0.3, -0.25) is 9.69 Å². The molecule has 1 heterocycles. The molecule has 0 radical (unpaired) electrons. The molecule has 5 rings (SSSR count). The van der Waals surface area contributed by atoms with E-state index < -0.39 is 30.4 Å². The van der Waals surface area contributed by atoms with E-state index in [-0.39, 0.29) is 75.6 Å². The molecule has 0 bridgehead atoms. The van der Waals surface area contributed by atoms with Crippen molar-refractivity contribution in [3.63, 3.8) is 0 Å². The minimum Gasteiger partial charge on any atom is -0.550 e. The van der Waals surface area contributed by atoms with E-state index in [0.29, 0.717) is 25.1 Å². The third kappa shape index (κ3) is 11.5. The van der Waals surface area contributed by atoms with Crippen LogP contribution in [-0.2, 0) is 20.9 Å². The van der Waals surface area contributed by atoms with Gasteiger partial charge in [0.15, 0.2) is 5.78 Å². The smallest absolute Gasteiger partial charge is 0.550 e. The molecule has 0 amide bonds. The summed E-state index contributed by atoms with van der Waals surface area (Å²) in [4.78, 5) is 38.0. The number of ketones is 1. The van der Waals surface area contributed by atoms with Gasteiger partial charge in [0.05, 0.1) is 6.61 Å². The second-order valence-corrected chi connectivity index (χ2v) is 15.8. The van der Waals surface area contributed by atoms with Crippen molar-refractivity contribution in [3.05, 3.63) is 139 Å². The molecule has 0 saturated carbocycles. The summed E-state index contributed by atoms with van der Waals surface area (Å²) in [6.45, 7) is 9.22. The van der Waals surface area contributed by atoms with Crippen LogP contribution < -0.4 is 78.1 Å². The Morgan fingerprint density at radius 2 is 1.36 bits per heavy atom. The molecule has 1 aliphatic heterocycles. The summed E-state index contributed by atoms with van der Waals surface area (Å²) in [6.07, 6.45) is 2.55. The van der Waals surface area contributed by atoms with Crippen LogP contribution in [0.3, 0.4) is 0 Å². The van der Waals surface area contributed by atoms with Crippen molar-refractivity contribution < 1.29 is 80.7 Å². The molecular formula is C43H52KN2O6P. The summed E-state index contributed by atoms with van der Waals surface area (Å²) >= 11 is 0. The van der Waals surface area contributed by atoms with Gasteiger partial charge in [-0.05, 0) is 48.8 Å². The number of benzene rings is 4. The summed E-state index contributed by atoms with van der Waals surface area (Å²) in [5.74, 6) is -1.18. The van der Waals surface area contributed by atoms with Gasteiger partial charge < -0.3 is 25.5 Å². The zero-order chi connectivity index (χ0) is 38.3. The fourth-order valence-corrected chi connectivity index (χ4v) is 10.2. The number of aliphatic hydroxyl groups is 1. The number of nitrogens with zero attached hydrogens (tertiary/aromatic N) is 1. The molecule has 4 unspecified atom stereocenters. The van der Waals surface area contributed by atoms with E-state index in [1.165, 1.54) is 6.92 Å². The molecule has 4 atom stereocenters. The first-order chi connectivity index (χ1) is 25.0. The van der Waals surface area contributed by atoms with Gasteiger partial charge in [0.25, 0.3) is 0 Å². The van der Waals surface area contributed by atoms with Gasteiger partial charge >= 0.3 is 57.4 Å². The van der Waals surface area contributed by atoms with Crippen molar-refractivity contribution in [2.75, 3.05) is 13.7 Å². The number of rotatable bonds is 13. The monoisotopic (exact) mass is 762 g/mol. The molecule has 8 nitrogen and oxygen atoms in total. The Labute approximate surface area is 357 Å².